The number of aliphatic hydroxyl groups excluding tert-OH is 1. The maximum atomic E-state index is 13.0. The van der Waals surface area contributed by atoms with Gasteiger partial charge in [0.15, 0.2) is 0 Å². The monoisotopic (exact) mass is 438 g/mol. The summed E-state index contributed by atoms with van der Waals surface area (Å²) in [5.41, 5.74) is 0.677. The van der Waals surface area contributed by atoms with Crippen molar-refractivity contribution in [3.63, 3.8) is 0 Å². The molecule has 2 unspecified atom stereocenters. The minimum absolute atomic E-state index is 0.0280. The van der Waals surface area contributed by atoms with Gasteiger partial charge in [-0.3, -0.25) is 14.6 Å². The number of urea groups is 1. The van der Waals surface area contributed by atoms with Gasteiger partial charge in [-0.1, -0.05) is 42.5 Å². The number of benzene rings is 2. The van der Waals surface area contributed by atoms with Crippen molar-refractivity contribution in [2.24, 2.45) is 0 Å². The summed E-state index contributed by atoms with van der Waals surface area (Å²) in [6, 6.07) is 16.6. The highest BCUT2D eigenvalue weighted by Gasteiger charge is 2.49. The Balaban J connectivity index is 1.32. The zero-order valence-corrected chi connectivity index (χ0v) is 18.5. The molecule has 2 aliphatic rings. The fourth-order valence-corrected chi connectivity index (χ4v) is 4.46. The number of hydrogen-bond donors (Lipinski definition) is 2. The molecule has 0 saturated carbocycles. The van der Waals surface area contributed by atoms with Gasteiger partial charge in [-0.05, 0) is 24.6 Å². The third-order valence-corrected chi connectivity index (χ3v) is 6.29. The summed E-state index contributed by atoms with van der Waals surface area (Å²) < 4.78 is 5.46. The van der Waals surface area contributed by atoms with Gasteiger partial charge in [0.05, 0.1) is 25.4 Å². The summed E-state index contributed by atoms with van der Waals surface area (Å²) in [5, 5.41) is 13.4. The SMILES string of the molecule is COc1ccccc1N1CCN(CC(O)CN2C(=O)NC(C)(c3ccccc3)C2=O)CC1. The number of para-hydroxylation sites is 2. The predicted octanol–water partition coefficient (Wildman–Crippen LogP) is 1.65. The van der Waals surface area contributed by atoms with Crippen LogP contribution in [0.4, 0.5) is 10.5 Å². The number of carbonyl (C=O) groups excluding carboxylic acids is 2. The molecule has 170 valence electrons. The van der Waals surface area contributed by atoms with Crippen LogP contribution in [0.3, 0.4) is 0 Å². The van der Waals surface area contributed by atoms with Gasteiger partial charge in [0.1, 0.15) is 11.3 Å². The van der Waals surface area contributed by atoms with Gasteiger partial charge in [0.25, 0.3) is 5.91 Å². The molecule has 0 aromatic heterocycles. The van der Waals surface area contributed by atoms with E-state index in [1.54, 1.807) is 14.0 Å². The molecule has 2 N–H and O–H groups in total. The lowest BCUT2D eigenvalue weighted by Crippen LogP contribution is -2.50. The van der Waals surface area contributed by atoms with Crippen LogP contribution in [0.25, 0.3) is 0 Å². The van der Waals surface area contributed by atoms with E-state index in [1.807, 2.05) is 54.6 Å². The van der Waals surface area contributed by atoms with Gasteiger partial charge in [-0.15, -0.1) is 0 Å². The molecule has 2 aromatic rings. The first kappa shape index (κ1) is 22.1. The van der Waals surface area contributed by atoms with Crippen LogP contribution in [0.1, 0.15) is 12.5 Å². The van der Waals surface area contributed by atoms with E-state index in [-0.39, 0.29) is 12.5 Å². The molecule has 3 amide bonds. The molecule has 0 aliphatic carbocycles. The molecule has 8 nitrogen and oxygen atoms in total. The second-order valence-electron chi connectivity index (χ2n) is 8.45. The Hall–Kier alpha value is -3.10. The van der Waals surface area contributed by atoms with Crippen molar-refractivity contribution in [1.82, 2.24) is 15.1 Å². The van der Waals surface area contributed by atoms with Crippen molar-refractivity contribution < 1.29 is 19.4 Å². The maximum absolute atomic E-state index is 13.0. The number of β-amino-alcohol motifs (C(OH)–C–C–N with tert-alkyl or cyclic N) is 1. The smallest absolute Gasteiger partial charge is 0.325 e. The van der Waals surface area contributed by atoms with Gasteiger partial charge >= 0.3 is 6.03 Å². The molecule has 2 heterocycles. The predicted molar refractivity (Wildman–Crippen MR) is 122 cm³/mol. The number of ether oxygens (including phenoxy) is 1. The number of carbonyl (C=O) groups is 2. The second kappa shape index (κ2) is 9.18. The highest BCUT2D eigenvalue weighted by Crippen LogP contribution is 2.30. The van der Waals surface area contributed by atoms with Crippen LogP contribution in [0.2, 0.25) is 0 Å². The largest absolute Gasteiger partial charge is 0.495 e. The number of imide groups is 1. The molecule has 2 aliphatic heterocycles. The van der Waals surface area contributed by atoms with E-state index in [2.05, 4.69) is 15.1 Å². The molecule has 8 heteroatoms. The number of nitrogens with one attached hydrogen (secondary N) is 1. The van der Waals surface area contributed by atoms with Crippen molar-refractivity contribution >= 4 is 17.6 Å². The maximum Gasteiger partial charge on any atom is 0.325 e. The molecular formula is C24H30N4O4. The van der Waals surface area contributed by atoms with Crippen molar-refractivity contribution in [3.8, 4) is 5.75 Å². The van der Waals surface area contributed by atoms with Crippen molar-refractivity contribution in [2.45, 2.75) is 18.6 Å². The van der Waals surface area contributed by atoms with Crippen LogP contribution in [0.5, 0.6) is 5.75 Å². The van der Waals surface area contributed by atoms with Crippen molar-refractivity contribution in [1.29, 1.82) is 0 Å². The van der Waals surface area contributed by atoms with Crippen LogP contribution in [0.15, 0.2) is 54.6 Å². The number of hydrogen-bond acceptors (Lipinski definition) is 6. The zero-order chi connectivity index (χ0) is 22.7. The van der Waals surface area contributed by atoms with Gasteiger partial charge in [0, 0.05) is 32.7 Å². The summed E-state index contributed by atoms with van der Waals surface area (Å²) in [6.07, 6.45) is -0.819. The van der Waals surface area contributed by atoms with Crippen LogP contribution in [0, 0.1) is 0 Å². The minimum Gasteiger partial charge on any atom is -0.495 e. The first-order valence-electron chi connectivity index (χ1n) is 10.9. The minimum atomic E-state index is -1.11. The Morgan fingerprint density at radius 2 is 1.66 bits per heavy atom. The molecule has 0 bridgehead atoms. The molecule has 2 atom stereocenters. The third kappa shape index (κ3) is 4.28. The average Bonchev–Trinajstić information content (AvgIpc) is 3.04. The van der Waals surface area contributed by atoms with E-state index >= 15 is 0 Å². The Bertz CT molecular complexity index is 961. The third-order valence-electron chi connectivity index (χ3n) is 6.29. The first-order valence-corrected chi connectivity index (χ1v) is 10.9. The lowest BCUT2D eigenvalue weighted by molar-refractivity contribution is -0.132. The molecular weight excluding hydrogens is 408 g/mol. The lowest BCUT2D eigenvalue weighted by Gasteiger charge is -2.37. The molecule has 32 heavy (non-hydrogen) atoms. The lowest BCUT2D eigenvalue weighted by atomic mass is 9.92. The van der Waals surface area contributed by atoms with E-state index in [9.17, 15) is 14.7 Å². The van der Waals surface area contributed by atoms with E-state index < -0.39 is 17.7 Å². The summed E-state index contributed by atoms with van der Waals surface area (Å²) in [6.45, 7) is 5.24. The standard InChI is InChI=1S/C24H30N4O4/c1-24(18-8-4-3-5-9-18)22(30)28(23(31)25-24)17-19(29)16-26-12-14-27(15-13-26)20-10-6-7-11-21(20)32-2/h3-11,19,29H,12-17H2,1-2H3,(H,25,31). The quantitative estimate of drug-likeness (QED) is 0.640. The Labute approximate surface area is 188 Å². The molecule has 4 rings (SSSR count). The van der Waals surface area contributed by atoms with Gasteiger partial charge in [0.2, 0.25) is 0 Å². The number of piperazine rings is 1. The highest BCUT2D eigenvalue weighted by molar-refractivity contribution is 6.07. The Morgan fingerprint density at radius 1 is 1.00 bits per heavy atom. The van der Waals surface area contributed by atoms with Crippen LogP contribution >= 0.6 is 0 Å². The Kier molecular flexibility index (Phi) is 6.34. The van der Waals surface area contributed by atoms with Crippen molar-refractivity contribution in [3.05, 3.63) is 60.2 Å². The summed E-state index contributed by atoms with van der Waals surface area (Å²) in [4.78, 5) is 31.1. The number of rotatable bonds is 7. The highest BCUT2D eigenvalue weighted by atomic mass is 16.5. The second-order valence-corrected chi connectivity index (χ2v) is 8.45. The van der Waals surface area contributed by atoms with E-state index in [4.69, 9.17) is 4.74 Å². The fourth-order valence-electron chi connectivity index (χ4n) is 4.46. The summed E-state index contributed by atoms with van der Waals surface area (Å²) >= 11 is 0. The first-order chi connectivity index (χ1) is 15.4. The average molecular weight is 439 g/mol. The van der Waals surface area contributed by atoms with E-state index in [0.717, 1.165) is 48.1 Å². The van der Waals surface area contributed by atoms with Crippen LogP contribution in [-0.2, 0) is 10.3 Å². The fraction of sp³-hybridized carbons (Fsp3) is 0.417. The number of anilines is 1. The summed E-state index contributed by atoms with van der Waals surface area (Å²) in [5.74, 6) is 0.509. The number of aliphatic hydroxyl groups is 1. The van der Waals surface area contributed by atoms with Crippen molar-refractivity contribution in [2.75, 3.05) is 51.3 Å². The molecule has 2 aromatic carbocycles. The summed E-state index contributed by atoms with van der Waals surface area (Å²) in [7, 11) is 1.67. The van der Waals surface area contributed by atoms with Gasteiger partial charge < -0.3 is 20.1 Å². The number of amides is 3. The van der Waals surface area contributed by atoms with Crippen LogP contribution in [-0.4, -0.2) is 79.3 Å². The van der Waals surface area contributed by atoms with Crippen LogP contribution < -0.4 is 15.0 Å². The number of nitrogens with zero attached hydrogens (tertiary/aromatic N) is 3. The zero-order valence-electron chi connectivity index (χ0n) is 18.5. The molecule has 2 saturated heterocycles. The molecule has 0 radical (unpaired) electrons. The molecule has 2 fully saturated rings. The topological polar surface area (TPSA) is 85.3 Å². The normalized spacial score (nSPS) is 22.7. The van der Waals surface area contributed by atoms with Gasteiger partial charge in [-0.2, -0.15) is 0 Å². The molecule has 0 spiro atoms. The van der Waals surface area contributed by atoms with E-state index in [1.165, 1.54) is 0 Å². The Morgan fingerprint density at radius 3 is 2.34 bits per heavy atom. The van der Waals surface area contributed by atoms with E-state index in [0.29, 0.717) is 6.54 Å². The van der Waals surface area contributed by atoms with Gasteiger partial charge in [-0.25, -0.2) is 4.79 Å². The number of methoxy groups -OCH3 is 1.